The van der Waals surface area contributed by atoms with Crippen LogP contribution in [-0.4, -0.2) is 29.9 Å². The summed E-state index contributed by atoms with van der Waals surface area (Å²) in [6.45, 7) is 1.73. The first-order valence-electron chi connectivity index (χ1n) is 8.57. The highest BCUT2D eigenvalue weighted by atomic mass is 35.5. The molecule has 2 aromatic carbocycles. The van der Waals surface area contributed by atoms with Gasteiger partial charge >= 0.3 is 0 Å². The lowest BCUT2D eigenvalue weighted by atomic mass is 10.2. The quantitative estimate of drug-likeness (QED) is 0.555. The smallest absolute Gasteiger partial charge is 0.276 e. The first-order chi connectivity index (χ1) is 13.5. The lowest BCUT2D eigenvalue weighted by Crippen LogP contribution is -2.45. The van der Waals surface area contributed by atoms with Crippen LogP contribution in [0, 0.1) is 6.92 Å². The molecule has 0 atom stereocenters. The Balaban J connectivity index is 1.45. The molecule has 0 bridgehead atoms. The third kappa shape index (κ3) is 5.11. The molecular weight excluding hydrogens is 380 g/mol. The summed E-state index contributed by atoms with van der Waals surface area (Å²) >= 11 is 6.13. The van der Waals surface area contributed by atoms with E-state index in [-0.39, 0.29) is 19.1 Å². The minimum Gasteiger partial charge on any atom is -0.481 e. The Morgan fingerprint density at radius 3 is 2.57 bits per heavy atom. The molecule has 7 nitrogen and oxygen atoms in total. The van der Waals surface area contributed by atoms with Crippen LogP contribution in [0.15, 0.2) is 54.7 Å². The lowest BCUT2D eigenvalue weighted by Gasteiger charge is -2.11. The predicted molar refractivity (Wildman–Crippen MR) is 108 cm³/mol. The van der Waals surface area contributed by atoms with Crippen LogP contribution in [0.5, 0.6) is 5.75 Å². The van der Waals surface area contributed by atoms with E-state index in [0.717, 1.165) is 16.6 Å². The number of aromatic nitrogens is 1. The van der Waals surface area contributed by atoms with Crippen molar-refractivity contribution >= 4 is 40.0 Å². The first-order valence-corrected chi connectivity index (χ1v) is 8.95. The Bertz CT molecular complexity index is 992. The summed E-state index contributed by atoms with van der Waals surface area (Å²) < 4.78 is 5.51. The van der Waals surface area contributed by atoms with Gasteiger partial charge in [0.1, 0.15) is 11.3 Å². The Labute approximate surface area is 167 Å². The number of halogens is 1. The van der Waals surface area contributed by atoms with E-state index in [9.17, 15) is 9.59 Å². The molecule has 0 aliphatic rings. The number of pyridine rings is 1. The van der Waals surface area contributed by atoms with Crippen molar-refractivity contribution in [2.24, 2.45) is 0 Å². The topological polar surface area (TPSA) is 92.4 Å². The average Bonchev–Trinajstić information content (AvgIpc) is 2.71. The fourth-order valence-corrected chi connectivity index (χ4v) is 2.66. The number of hydrogen-bond acceptors (Lipinski definition) is 5. The van der Waals surface area contributed by atoms with Crippen molar-refractivity contribution < 1.29 is 14.3 Å². The second-order valence-corrected chi connectivity index (χ2v) is 6.46. The van der Waals surface area contributed by atoms with Gasteiger partial charge in [0.05, 0.1) is 11.6 Å². The zero-order valence-corrected chi connectivity index (χ0v) is 15.9. The molecular formula is C20H19ClN4O3. The summed E-state index contributed by atoms with van der Waals surface area (Å²) in [6, 6.07) is 14.5. The van der Waals surface area contributed by atoms with E-state index in [1.807, 2.05) is 37.3 Å². The molecule has 144 valence electrons. The number of benzene rings is 2. The summed E-state index contributed by atoms with van der Waals surface area (Å²) in [5, 5.41) is 4.25. The van der Waals surface area contributed by atoms with E-state index in [0.29, 0.717) is 16.3 Å². The van der Waals surface area contributed by atoms with Gasteiger partial charge in [0.15, 0.2) is 6.61 Å². The van der Waals surface area contributed by atoms with Gasteiger partial charge in [0.25, 0.3) is 11.8 Å². The Hall–Kier alpha value is -3.32. The van der Waals surface area contributed by atoms with Gasteiger partial charge in [-0.2, -0.15) is 0 Å². The van der Waals surface area contributed by atoms with Crippen LogP contribution in [0.4, 0.5) is 5.69 Å². The molecule has 0 fully saturated rings. The number of ether oxygens (including phenoxy) is 1. The molecule has 1 aromatic heterocycles. The second kappa shape index (κ2) is 9.05. The fourth-order valence-electron chi connectivity index (χ4n) is 2.45. The van der Waals surface area contributed by atoms with Gasteiger partial charge in [-0.25, -0.2) is 0 Å². The van der Waals surface area contributed by atoms with Crippen LogP contribution in [-0.2, 0) is 9.59 Å². The van der Waals surface area contributed by atoms with Gasteiger partial charge in [-0.3, -0.25) is 25.4 Å². The maximum Gasteiger partial charge on any atom is 0.276 e. The fraction of sp³-hybridized carbons (Fsp3) is 0.150. The standard InChI is InChI=1S/C20H19ClN4O3/c1-13-4-6-14(7-5-13)23-11-18(26)24-25-19(27)12-28-17-9-8-16(21)15-3-2-10-22-20(15)17/h2-10,23H,11-12H2,1H3,(H,24,26)(H,25,27). The van der Waals surface area contributed by atoms with E-state index in [2.05, 4.69) is 21.2 Å². The Morgan fingerprint density at radius 1 is 1.04 bits per heavy atom. The highest BCUT2D eigenvalue weighted by molar-refractivity contribution is 6.35. The van der Waals surface area contributed by atoms with Crippen molar-refractivity contribution in [3.8, 4) is 5.75 Å². The number of aryl methyl sites for hydroxylation is 1. The Kier molecular flexibility index (Phi) is 6.29. The van der Waals surface area contributed by atoms with Crippen LogP contribution in [0.25, 0.3) is 10.9 Å². The zero-order chi connectivity index (χ0) is 19.9. The molecule has 0 aliphatic carbocycles. The summed E-state index contributed by atoms with van der Waals surface area (Å²) in [7, 11) is 0. The molecule has 0 saturated carbocycles. The van der Waals surface area contributed by atoms with E-state index in [1.54, 1.807) is 24.4 Å². The number of nitrogens with one attached hydrogen (secondary N) is 3. The van der Waals surface area contributed by atoms with E-state index < -0.39 is 5.91 Å². The summed E-state index contributed by atoms with van der Waals surface area (Å²) in [4.78, 5) is 28.0. The van der Waals surface area contributed by atoms with E-state index in [4.69, 9.17) is 16.3 Å². The number of anilines is 1. The number of carbonyl (C=O) groups is 2. The molecule has 0 radical (unpaired) electrons. The number of rotatable bonds is 6. The molecule has 3 N–H and O–H groups in total. The van der Waals surface area contributed by atoms with Gasteiger partial charge in [-0.1, -0.05) is 29.3 Å². The highest BCUT2D eigenvalue weighted by Gasteiger charge is 2.10. The molecule has 2 amide bonds. The Morgan fingerprint density at radius 2 is 1.79 bits per heavy atom. The molecule has 3 aromatic rings. The van der Waals surface area contributed by atoms with E-state index >= 15 is 0 Å². The number of nitrogens with zero attached hydrogens (tertiary/aromatic N) is 1. The van der Waals surface area contributed by atoms with Crippen LogP contribution in [0.1, 0.15) is 5.56 Å². The van der Waals surface area contributed by atoms with Crippen molar-refractivity contribution in [3.05, 3.63) is 65.3 Å². The number of fused-ring (bicyclic) bond motifs is 1. The monoisotopic (exact) mass is 398 g/mol. The van der Waals surface area contributed by atoms with Crippen molar-refractivity contribution in [2.45, 2.75) is 6.92 Å². The minimum atomic E-state index is -0.497. The van der Waals surface area contributed by atoms with E-state index in [1.165, 1.54) is 0 Å². The average molecular weight is 399 g/mol. The van der Waals surface area contributed by atoms with Crippen molar-refractivity contribution in [3.63, 3.8) is 0 Å². The minimum absolute atomic E-state index is 0.0238. The molecule has 1 heterocycles. The van der Waals surface area contributed by atoms with Crippen LogP contribution >= 0.6 is 11.6 Å². The van der Waals surface area contributed by atoms with Gasteiger partial charge in [-0.05, 0) is 43.3 Å². The van der Waals surface area contributed by atoms with Crippen molar-refractivity contribution in [2.75, 3.05) is 18.5 Å². The van der Waals surface area contributed by atoms with Gasteiger partial charge in [0, 0.05) is 17.3 Å². The maximum absolute atomic E-state index is 11.9. The number of hydrogen-bond donors (Lipinski definition) is 3. The molecule has 8 heteroatoms. The third-order valence-corrected chi connectivity index (χ3v) is 4.21. The normalized spacial score (nSPS) is 10.4. The van der Waals surface area contributed by atoms with Gasteiger partial charge < -0.3 is 10.1 Å². The molecule has 0 aliphatic heterocycles. The highest BCUT2D eigenvalue weighted by Crippen LogP contribution is 2.29. The van der Waals surface area contributed by atoms with Crippen molar-refractivity contribution in [1.82, 2.24) is 15.8 Å². The molecule has 3 rings (SSSR count). The van der Waals surface area contributed by atoms with Crippen molar-refractivity contribution in [1.29, 1.82) is 0 Å². The molecule has 0 spiro atoms. The van der Waals surface area contributed by atoms with Crippen LogP contribution in [0.3, 0.4) is 0 Å². The number of hydrazine groups is 1. The van der Waals surface area contributed by atoms with Gasteiger partial charge in [0.2, 0.25) is 0 Å². The zero-order valence-electron chi connectivity index (χ0n) is 15.2. The second-order valence-electron chi connectivity index (χ2n) is 6.05. The predicted octanol–water partition coefficient (Wildman–Crippen LogP) is 2.83. The summed E-state index contributed by atoms with van der Waals surface area (Å²) in [5.74, 6) is -0.447. The largest absolute Gasteiger partial charge is 0.481 e. The number of carbonyl (C=O) groups excluding carboxylic acids is 2. The maximum atomic E-state index is 11.9. The number of amides is 2. The summed E-state index contributed by atoms with van der Waals surface area (Å²) in [5.41, 5.74) is 7.15. The third-order valence-electron chi connectivity index (χ3n) is 3.88. The van der Waals surface area contributed by atoms with Crippen LogP contribution < -0.4 is 20.9 Å². The first kappa shape index (κ1) is 19.4. The summed E-state index contributed by atoms with van der Waals surface area (Å²) in [6.07, 6.45) is 1.62. The lowest BCUT2D eigenvalue weighted by molar-refractivity contribution is -0.129. The molecule has 0 saturated heterocycles. The molecule has 0 unspecified atom stereocenters. The molecule has 28 heavy (non-hydrogen) atoms. The SMILES string of the molecule is Cc1ccc(NCC(=O)NNC(=O)COc2ccc(Cl)c3cccnc23)cc1. The van der Waals surface area contributed by atoms with Crippen LogP contribution in [0.2, 0.25) is 5.02 Å². The van der Waals surface area contributed by atoms with Gasteiger partial charge in [-0.15, -0.1) is 0 Å².